The molecule has 2 heterocycles. The van der Waals surface area contributed by atoms with Crippen LogP contribution in [-0.4, -0.2) is 48.0 Å². The minimum absolute atomic E-state index is 0.0895. The molecule has 0 saturated carbocycles. The zero-order valence-corrected chi connectivity index (χ0v) is 14.8. The number of ether oxygens (including phenoxy) is 1. The van der Waals surface area contributed by atoms with Gasteiger partial charge in [-0.3, -0.25) is 9.69 Å². The fourth-order valence-corrected chi connectivity index (χ4v) is 3.72. The predicted octanol–water partition coefficient (Wildman–Crippen LogP) is 2.99. The van der Waals surface area contributed by atoms with E-state index in [1.54, 1.807) is 6.07 Å². The molecule has 5 heteroatoms. The van der Waals surface area contributed by atoms with Crippen molar-refractivity contribution < 1.29 is 9.53 Å². The van der Waals surface area contributed by atoms with Crippen LogP contribution in [0.3, 0.4) is 0 Å². The lowest BCUT2D eigenvalue weighted by atomic mass is 10.1. The Balaban J connectivity index is 1.32. The van der Waals surface area contributed by atoms with Crippen LogP contribution in [0.15, 0.2) is 48.5 Å². The van der Waals surface area contributed by atoms with Gasteiger partial charge in [0, 0.05) is 44.2 Å². The van der Waals surface area contributed by atoms with Gasteiger partial charge < -0.3 is 9.64 Å². The topological polar surface area (TPSA) is 32.8 Å². The van der Waals surface area contributed by atoms with E-state index in [4.69, 9.17) is 16.3 Å². The number of carbonyl (C=O) groups excluding carboxylic acids is 1. The first-order valence-corrected chi connectivity index (χ1v) is 9.07. The van der Waals surface area contributed by atoms with Crippen LogP contribution in [0, 0.1) is 0 Å². The second-order valence-corrected chi connectivity index (χ2v) is 7.09. The fourth-order valence-electron chi connectivity index (χ4n) is 3.53. The van der Waals surface area contributed by atoms with E-state index in [0.717, 1.165) is 44.0 Å². The van der Waals surface area contributed by atoms with Crippen LogP contribution in [0.2, 0.25) is 5.02 Å². The highest BCUT2D eigenvalue weighted by Gasteiger charge is 2.33. The number of nitrogens with zero attached hydrogens (tertiary/aromatic N) is 2. The first-order chi connectivity index (χ1) is 12.2. The van der Waals surface area contributed by atoms with Gasteiger partial charge in [-0.15, -0.1) is 0 Å². The Labute approximate surface area is 152 Å². The molecule has 130 valence electrons. The first-order valence-electron chi connectivity index (χ1n) is 8.69. The number of carbonyl (C=O) groups is 1. The van der Waals surface area contributed by atoms with Crippen molar-refractivity contribution in [2.75, 3.05) is 26.2 Å². The van der Waals surface area contributed by atoms with E-state index in [1.165, 1.54) is 5.56 Å². The summed E-state index contributed by atoms with van der Waals surface area (Å²) in [6.07, 6.45) is 0.202. The molecule has 2 aromatic rings. The molecule has 1 atom stereocenters. The second kappa shape index (κ2) is 7.06. The van der Waals surface area contributed by atoms with E-state index in [9.17, 15) is 4.79 Å². The van der Waals surface area contributed by atoms with Crippen LogP contribution in [0.5, 0.6) is 5.75 Å². The normalized spacial score (nSPS) is 20.2. The highest BCUT2D eigenvalue weighted by atomic mass is 35.5. The molecule has 0 radical (unpaired) electrons. The van der Waals surface area contributed by atoms with Crippen molar-refractivity contribution in [1.82, 2.24) is 9.80 Å². The van der Waals surface area contributed by atoms with Crippen LogP contribution in [0.4, 0.5) is 0 Å². The van der Waals surface area contributed by atoms with Gasteiger partial charge in [-0.1, -0.05) is 41.9 Å². The third kappa shape index (κ3) is 3.65. The summed E-state index contributed by atoms with van der Waals surface area (Å²) in [6.45, 7) is 4.23. The Kier molecular flexibility index (Phi) is 4.64. The minimum atomic E-state index is -0.408. The molecule has 25 heavy (non-hydrogen) atoms. The largest absolute Gasteiger partial charge is 0.480 e. The van der Waals surface area contributed by atoms with Crippen molar-refractivity contribution in [3.63, 3.8) is 0 Å². The Bertz CT molecular complexity index is 758. The summed E-state index contributed by atoms with van der Waals surface area (Å²) in [4.78, 5) is 17.1. The molecule has 1 amide bonds. The monoisotopic (exact) mass is 356 g/mol. The van der Waals surface area contributed by atoms with Crippen LogP contribution >= 0.6 is 11.6 Å². The predicted molar refractivity (Wildman–Crippen MR) is 97.9 cm³/mol. The molecule has 0 N–H and O–H groups in total. The van der Waals surface area contributed by atoms with Gasteiger partial charge >= 0.3 is 0 Å². The lowest BCUT2D eigenvalue weighted by Gasteiger charge is -2.35. The highest BCUT2D eigenvalue weighted by Crippen LogP contribution is 2.31. The molecule has 0 bridgehead atoms. The minimum Gasteiger partial charge on any atom is -0.480 e. The summed E-state index contributed by atoms with van der Waals surface area (Å²) < 4.78 is 5.84. The van der Waals surface area contributed by atoms with E-state index >= 15 is 0 Å². The van der Waals surface area contributed by atoms with Crippen molar-refractivity contribution >= 4 is 17.5 Å². The van der Waals surface area contributed by atoms with Gasteiger partial charge in [0.2, 0.25) is 0 Å². The second-order valence-electron chi connectivity index (χ2n) is 6.65. The van der Waals surface area contributed by atoms with Gasteiger partial charge in [0.05, 0.1) is 0 Å². The van der Waals surface area contributed by atoms with Gasteiger partial charge in [0.25, 0.3) is 5.91 Å². The van der Waals surface area contributed by atoms with Crippen LogP contribution < -0.4 is 4.74 Å². The lowest BCUT2D eigenvalue weighted by Crippen LogP contribution is -2.51. The zero-order valence-electron chi connectivity index (χ0n) is 14.0. The van der Waals surface area contributed by atoms with Crippen LogP contribution in [0.25, 0.3) is 0 Å². The quantitative estimate of drug-likeness (QED) is 0.847. The Morgan fingerprint density at radius 1 is 1.08 bits per heavy atom. The molecule has 0 aliphatic carbocycles. The molecular weight excluding hydrogens is 336 g/mol. The summed E-state index contributed by atoms with van der Waals surface area (Å²) in [5, 5.41) is 0.685. The molecule has 0 aromatic heterocycles. The maximum Gasteiger partial charge on any atom is 0.264 e. The Morgan fingerprint density at radius 3 is 2.60 bits per heavy atom. The average molecular weight is 357 g/mol. The van der Waals surface area contributed by atoms with E-state index in [0.29, 0.717) is 11.4 Å². The number of hydrogen-bond acceptors (Lipinski definition) is 3. The highest BCUT2D eigenvalue weighted by molar-refractivity contribution is 6.30. The molecule has 1 unspecified atom stereocenters. The molecule has 4 nitrogen and oxygen atoms in total. The van der Waals surface area contributed by atoms with Gasteiger partial charge in [0.15, 0.2) is 6.10 Å². The first kappa shape index (κ1) is 16.4. The smallest absolute Gasteiger partial charge is 0.264 e. The Morgan fingerprint density at radius 2 is 1.84 bits per heavy atom. The molecule has 2 aliphatic rings. The van der Waals surface area contributed by atoms with Gasteiger partial charge in [-0.05, 0) is 29.3 Å². The maximum absolute atomic E-state index is 12.8. The van der Waals surface area contributed by atoms with Crippen molar-refractivity contribution in [1.29, 1.82) is 0 Å². The number of rotatable bonds is 3. The van der Waals surface area contributed by atoms with Crippen LogP contribution in [-0.2, 0) is 17.8 Å². The summed E-state index contributed by atoms with van der Waals surface area (Å²) in [7, 11) is 0. The van der Waals surface area contributed by atoms with Gasteiger partial charge in [-0.25, -0.2) is 0 Å². The van der Waals surface area contributed by atoms with Crippen molar-refractivity contribution in [2.24, 2.45) is 0 Å². The summed E-state index contributed by atoms with van der Waals surface area (Å²) in [5.74, 6) is 0.872. The number of piperazine rings is 1. The summed E-state index contributed by atoms with van der Waals surface area (Å²) >= 11 is 6.03. The van der Waals surface area contributed by atoms with Crippen LogP contribution in [0.1, 0.15) is 11.1 Å². The van der Waals surface area contributed by atoms with Gasteiger partial charge in [-0.2, -0.15) is 0 Å². The Hall–Kier alpha value is -2.04. The van der Waals surface area contributed by atoms with E-state index in [2.05, 4.69) is 29.2 Å². The third-order valence-corrected chi connectivity index (χ3v) is 5.14. The fraction of sp³-hybridized carbons (Fsp3) is 0.350. The number of halogens is 1. The van der Waals surface area contributed by atoms with E-state index in [1.807, 2.05) is 23.1 Å². The number of hydrogen-bond donors (Lipinski definition) is 0. The molecule has 4 rings (SSSR count). The summed E-state index contributed by atoms with van der Waals surface area (Å²) in [6, 6.07) is 16.0. The SMILES string of the molecule is O=C(C1Cc2cc(Cl)ccc2O1)N1CCN(Cc2ccccc2)CC1. The average Bonchev–Trinajstić information content (AvgIpc) is 3.06. The van der Waals surface area contributed by atoms with Crippen molar-refractivity contribution in [3.8, 4) is 5.75 Å². The molecule has 2 aromatic carbocycles. The maximum atomic E-state index is 12.8. The lowest BCUT2D eigenvalue weighted by molar-refractivity contribution is -0.139. The van der Waals surface area contributed by atoms with E-state index < -0.39 is 6.10 Å². The van der Waals surface area contributed by atoms with E-state index in [-0.39, 0.29) is 5.91 Å². The molecular formula is C20H21ClN2O2. The van der Waals surface area contributed by atoms with Gasteiger partial charge in [0.1, 0.15) is 5.75 Å². The van der Waals surface area contributed by atoms with Crippen molar-refractivity contribution in [3.05, 3.63) is 64.7 Å². The molecule has 1 fully saturated rings. The zero-order chi connectivity index (χ0) is 17.2. The number of fused-ring (bicyclic) bond motifs is 1. The van der Waals surface area contributed by atoms with Crippen molar-refractivity contribution in [2.45, 2.75) is 19.1 Å². The standard InChI is InChI=1S/C20H21ClN2O2/c21-17-6-7-18-16(12-17)13-19(25-18)20(24)23-10-8-22(9-11-23)14-15-4-2-1-3-5-15/h1-7,12,19H,8-11,13-14H2. The molecule has 2 aliphatic heterocycles. The molecule has 1 saturated heterocycles. The number of benzene rings is 2. The molecule has 0 spiro atoms. The number of amides is 1. The summed E-state index contributed by atoms with van der Waals surface area (Å²) in [5.41, 5.74) is 2.34. The third-order valence-electron chi connectivity index (χ3n) is 4.91.